The highest BCUT2D eigenvalue weighted by molar-refractivity contribution is 5.91. The Labute approximate surface area is 83.6 Å². The fourth-order valence-corrected chi connectivity index (χ4v) is 0.869. The van der Waals surface area contributed by atoms with Gasteiger partial charge in [-0.05, 0) is 12.1 Å². The predicted octanol–water partition coefficient (Wildman–Crippen LogP) is 0.607. The van der Waals surface area contributed by atoms with Crippen LogP contribution in [-0.2, 0) is 9.53 Å². The van der Waals surface area contributed by atoms with Gasteiger partial charge in [-0.2, -0.15) is 0 Å². The lowest BCUT2D eigenvalue weighted by Gasteiger charge is -2.03. The molecular formula is C9H7F2NO3. The number of amides is 1. The standard InChI is InChI=1S/C9H7F2NO3/c10-5-1-2-6(7(11)3-5)9(14)15-4-8(12)13/h1-3H,4H2,(H2,12,13). The summed E-state index contributed by atoms with van der Waals surface area (Å²) in [6, 6.07) is 2.37. The van der Waals surface area contributed by atoms with Crippen LogP contribution in [0, 0.1) is 11.6 Å². The molecule has 1 aromatic rings. The average molecular weight is 215 g/mol. The molecule has 0 radical (unpaired) electrons. The molecule has 4 nitrogen and oxygen atoms in total. The molecule has 0 unspecified atom stereocenters. The Bertz CT molecular complexity index is 406. The van der Waals surface area contributed by atoms with E-state index < -0.39 is 35.7 Å². The van der Waals surface area contributed by atoms with Crippen LogP contribution in [-0.4, -0.2) is 18.5 Å². The lowest BCUT2D eigenvalue weighted by Crippen LogP contribution is -2.21. The molecule has 1 amide bonds. The maximum Gasteiger partial charge on any atom is 0.341 e. The Morgan fingerprint density at radius 3 is 2.53 bits per heavy atom. The summed E-state index contributed by atoms with van der Waals surface area (Å²) in [6.07, 6.45) is 0. The monoisotopic (exact) mass is 215 g/mol. The normalized spacial score (nSPS) is 9.73. The van der Waals surface area contributed by atoms with E-state index in [1.807, 2.05) is 0 Å². The summed E-state index contributed by atoms with van der Waals surface area (Å²) in [7, 11) is 0. The number of primary amides is 1. The van der Waals surface area contributed by atoms with Crippen molar-refractivity contribution in [3.63, 3.8) is 0 Å². The van der Waals surface area contributed by atoms with Gasteiger partial charge in [0.2, 0.25) is 0 Å². The molecule has 0 bridgehead atoms. The molecule has 0 aliphatic heterocycles. The van der Waals surface area contributed by atoms with Crippen molar-refractivity contribution < 1.29 is 23.1 Å². The molecule has 0 heterocycles. The quantitative estimate of drug-likeness (QED) is 0.751. The van der Waals surface area contributed by atoms with Crippen LogP contribution in [0.15, 0.2) is 18.2 Å². The molecule has 0 spiro atoms. The topological polar surface area (TPSA) is 69.4 Å². The molecule has 0 saturated carbocycles. The number of hydrogen-bond donors (Lipinski definition) is 1. The van der Waals surface area contributed by atoms with Crippen molar-refractivity contribution in [2.24, 2.45) is 5.73 Å². The van der Waals surface area contributed by atoms with Gasteiger partial charge in [0.25, 0.3) is 5.91 Å². The summed E-state index contributed by atoms with van der Waals surface area (Å²) in [5, 5.41) is 0. The van der Waals surface area contributed by atoms with Crippen molar-refractivity contribution in [1.82, 2.24) is 0 Å². The van der Waals surface area contributed by atoms with Crippen LogP contribution in [0.4, 0.5) is 8.78 Å². The van der Waals surface area contributed by atoms with E-state index in [-0.39, 0.29) is 0 Å². The van der Waals surface area contributed by atoms with E-state index in [0.717, 1.165) is 12.1 Å². The third-order valence-electron chi connectivity index (χ3n) is 1.50. The lowest BCUT2D eigenvalue weighted by atomic mass is 10.2. The molecule has 0 aliphatic rings. The van der Waals surface area contributed by atoms with Crippen LogP contribution in [0.3, 0.4) is 0 Å². The fraction of sp³-hybridized carbons (Fsp3) is 0.111. The van der Waals surface area contributed by atoms with Gasteiger partial charge in [0.1, 0.15) is 11.6 Å². The zero-order valence-electron chi connectivity index (χ0n) is 7.50. The maximum absolute atomic E-state index is 13.0. The van der Waals surface area contributed by atoms with Crippen LogP contribution < -0.4 is 5.73 Å². The maximum atomic E-state index is 13.0. The minimum atomic E-state index is -1.06. The molecule has 0 atom stereocenters. The van der Waals surface area contributed by atoms with Crippen molar-refractivity contribution >= 4 is 11.9 Å². The molecule has 1 rings (SSSR count). The number of nitrogens with two attached hydrogens (primary N) is 1. The smallest absolute Gasteiger partial charge is 0.341 e. The number of hydrogen-bond acceptors (Lipinski definition) is 3. The van der Waals surface area contributed by atoms with E-state index in [1.54, 1.807) is 0 Å². The molecule has 0 saturated heterocycles. The van der Waals surface area contributed by atoms with Gasteiger partial charge in [0.05, 0.1) is 5.56 Å². The Morgan fingerprint density at radius 2 is 2.00 bits per heavy atom. The predicted molar refractivity (Wildman–Crippen MR) is 45.8 cm³/mol. The summed E-state index contributed by atoms with van der Waals surface area (Å²) >= 11 is 0. The number of rotatable bonds is 3. The van der Waals surface area contributed by atoms with Gasteiger partial charge in [0, 0.05) is 6.07 Å². The summed E-state index contributed by atoms with van der Waals surface area (Å²) in [4.78, 5) is 21.4. The summed E-state index contributed by atoms with van der Waals surface area (Å²) in [5.74, 6) is -3.78. The molecule has 0 aliphatic carbocycles. The van der Waals surface area contributed by atoms with Gasteiger partial charge >= 0.3 is 5.97 Å². The van der Waals surface area contributed by atoms with Crippen LogP contribution in [0.2, 0.25) is 0 Å². The van der Waals surface area contributed by atoms with Crippen molar-refractivity contribution in [1.29, 1.82) is 0 Å². The first-order chi connectivity index (χ1) is 7.00. The SMILES string of the molecule is NC(=O)COC(=O)c1ccc(F)cc1F. The Kier molecular flexibility index (Phi) is 3.33. The number of carbonyl (C=O) groups is 2. The van der Waals surface area contributed by atoms with Gasteiger partial charge in [-0.25, -0.2) is 13.6 Å². The Morgan fingerprint density at radius 1 is 1.33 bits per heavy atom. The average Bonchev–Trinajstić information content (AvgIpc) is 2.14. The second-order valence-corrected chi connectivity index (χ2v) is 2.67. The van der Waals surface area contributed by atoms with E-state index in [9.17, 15) is 18.4 Å². The first-order valence-electron chi connectivity index (χ1n) is 3.91. The van der Waals surface area contributed by atoms with E-state index >= 15 is 0 Å². The summed E-state index contributed by atoms with van der Waals surface area (Å²) in [5.41, 5.74) is 4.26. The third kappa shape index (κ3) is 3.01. The van der Waals surface area contributed by atoms with Crippen molar-refractivity contribution in [3.05, 3.63) is 35.4 Å². The second-order valence-electron chi connectivity index (χ2n) is 2.67. The Balaban J connectivity index is 2.78. The van der Waals surface area contributed by atoms with Crippen LogP contribution >= 0.6 is 0 Å². The fourth-order valence-electron chi connectivity index (χ4n) is 0.869. The lowest BCUT2D eigenvalue weighted by molar-refractivity contribution is -0.121. The van der Waals surface area contributed by atoms with Crippen molar-refractivity contribution in [2.75, 3.05) is 6.61 Å². The van der Waals surface area contributed by atoms with E-state index in [1.165, 1.54) is 0 Å². The molecular weight excluding hydrogens is 208 g/mol. The third-order valence-corrected chi connectivity index (χ3v) is 1.50. The number of esters is 1. The van der Waals surface area contributed by atoms with Crippen LogP contribution in [0.25, 0.3) is 0 Å². The van der Waals surface area contributed by atoms with Gasteiger partial charge < -0.3 is 10.5 Å². The van der Waals surface area contributed by atoms with Crippen molar-refractivity contribution in [3.8, 4) is 0 Å². The highest BCUT2D eigenvalue weighted by Gasteiger charge is 2.14. The van der Waals surface area contributed by atoms with E-state index in [2.05, 4.69) is 4.74 Å². The van der Waals surface area contributed by atoms with Gasteiger partial charge in [0.15, 0.2) is 6.61 Å². The zero-order valence-corrected chi connectivity index (χ0v) is 7.50. The highest BCUT2D eigenvalue weighted by atomic mass is 19.1. The van der Waals surface area contributed by atoms with Crippen LogP contribution in [0.1, 0.15) is 10.4 Å². The Hall–Kier alpha value is -1.98. The molecule has 2 N–H and O–H groups in total. The zero-order chi connectivity index (χ0) is 11.4. The van der Waals surface area contributed by atoms with Gasteiger partial charge in [-0.1, -0.05) is 0 Å². The number of carbonyl (C=O) groups excluding carboxylic acids is 2. The first kappa shape index (κ1) is 11.1. The minimum absolute atomic E-state index is 0.447. The molecule has 6 heteroatoms. The number of ether oxygens (including phenoxy) is 1. The highest BCUT2D eigenvalue weighted by Crippen LogP contribution is 2.10. The molecule has 0 aromatic heterocycles. The largest absolute Gasteiger partial charge is 0.452 e. The minimum Gasteiger partial charge on any atom is -0.452 e. The molecule has 80 valence electrons. The first-order valence-corrected chi connectivity index (χ1v) is 3.91. The van der Waals surface area contributed by atoms with Gasteiger partial charge in [-0.15, -0.1) is 0 Å². The van der Waals surface area contributed by atoms with E-state index in [0.29, 0.717) is 6.07 Å². The number of benzene rings is 1. The summed E-state index contributed by atoms with van der Waals surface area (Å²) < 4.78 is 29.8. The van der Waals surface area contributed by atoms with E-state index in [4.69, 9.17) is 5.73 Å². The number of halogens is 2. The molecule has 0 fully saturated rings. The van der Waals surface area contributed by atoms with Crippen molar-refractivity contribution in [2.45, 2.75) is 0 Å². The van der Waals surface area contributed by atoms with Crippen LogP contribution in [0.5, 0.6) is 0 Å². The molecule has 15 heavy (non-hydrogen) atoms. The summed E-state index contributed by atoms with van der Waals surface area (Å²) in [6.45, 7) is -0.643. The van der Waals surface area contributed by atoms with Gasteiger partial charge in [-0.3, -0.25) is 4.79 Å². The second kappa shape index (κ2) is 4.50. The molecule has 1 aromatic carbocycles.